The number of rotatable bonds is 0. The van der Waals surface area contributed by atoms with E-state index in [1.165, 1.54) is 11.7 Å². The van der Waals surface area contributed by atoms with E-state index in [0.29, 0.717) is 5.02 Å². The molecule has 0 radical (unpaired) electrons. The summed E-state index contributed by atoms with van der Waals surface area (Å²) in [5.74, 6) is 0. The number of benzene rings is 1. The molecule has 2 rings (SSSR count). The summed E-state index contributed by atoms with van der Waals surface area (Å²) in [5, 5.41) is 0.641. The molecule has 0 saturated carbocycles. The van der Waals surface area contributed by atoms with Crippen LogP contribution in [0.15, 0.2) is 15.0 Å². The highest BCUT2D eigenvalue weighted by Gasteiger charge is 2.10. The standard InChI is InChI=1S/C6HBr2ClN2S/c7-2-1-3(9)4(8)6-5(2)10-12-11-6/h1H. The molecule has 1 heterocycles. The Hall–Kier alpha value is 0.290. The van der Waals surface area contributed by atoms with Crippen LogP contribution in [0.1, 0.15) is 0 Å². The summed E-state index contributed by atoms with van der Waals surface area (Å²) in [6, 6.07) is 1.80. The molecule has 0 aliphatic heterocycles. The van der Waals surface area contributed by atoms with Crippen LogP contribution < -0.4 is 0 Å². The van der Waals surface area contributed by atoms with Gasteiger partial charge in [-0.05, 0) is 37.9 Å². The lowest BCUT2D eigenvalue weighted by atomic mass is 10.3. The van der Waals surface area contributed by atoms with Crippen LogP contribution in [0.4, 0.5) is 0 Å². The Labute approximate surface area is 94.5 Å². The number of fused-ring (bicyclic) bond motifs is 1. The Bertz CT molecular complexity index is 442. The average Bonchev–Trinajstić information content (AvgIpc) is 2.48. The molecule has 62 valence electrons. The van der Waals surface area contributed by atoms with E-state index in [9.17, 15) is 0 Å². The highest BCUT2D eigenvalue weighted by atomic mass is 79.9. The average molecular weight is 328 g/mol. The summed E-state index contributed by atoms with van der Waals surface area (Å²) in [4.78, 5) is 0. The van der Waals surface area contributed by atoms with E-state index in [1.54, 1.807) is 6.07 Å². The summed E-state index contributed by atoms with van der Waals surface area (Å²) >= 11 is 13.8. The normalized spacial score (nSPS) is 10.9. The Morgan fingerprint density at radius 3 is 2.67 bits per heavy atom. The molecular formula is C6HBr2ClN2S. The molecule has 0 saturated heterocycles. The molecular weight excluding hydrogens is 327 g/mol. The third-order valence-electron chi connectivity index (χ3n) is 1.39. The van der Waals surface area contributed by atoms with Crippen LogP contribution in [0.5, 0.6) is 0 Å². The van der Waals surface area contributed by atoms with Crippen LogP contribution in [-0.2, 0) is 0 Å². The maximum Gasteiger partial charge on any atom is 0.121 e. The highest BCUT2D eigenvalue weighted by Crippen LogP contribution is 2.34. The molecule has 2 aromatic rings. The van der Waals surface area contributed by atoms with Gasteiger partial charge in [-0.2, -0.15) is 8.75 Å². The van der Waals surface area contributed by atoms with E-state index in [-0.39, 0.29) is 0 Å². The number of hydrogen-bond acceptors (Lipinski definition) is 3. The maximum atomic E-state index is 5.91. The third-order valence-corrected chi connectivity index (χ3v) is 3.85. The number of halogens is 3. The fraction of sp³-hybridized carbons (Fsp3) is 0. The van der Waals surface area contributed by atoms with E-state index in [2.05, 4.69) is 40.6 Å². The van der Waals surface area contributed by atoms with Crippen LogP contribution in [0.25, 0.3) is 11.0 Å². The Morgan fingerprint density at radius 2 is 1.92 bits per heavy atom. The smallest absolute Gasteiger partial charge is 0.121 e. The van der Waals surface area contributed by atoms with Crippen molar-refractivity contribution in [1.29, 1.82) is 0 Å². The van der Waals surface area contributed by atoms with Crippen molar-refractivity contribution in [2.75, 3.05) is 0 Å². The van der Waals surface area contributed by atoms with E-state index in [4.69, 9.17) is 11.6 Å². The number of nitrogens with zero attached hydrogens (tertiary/aromatic N) is 2. The van der Waals surface area contributed by atoms with Crippen LogP contribution in [-0.4, -0.2) is 8.75 Å². The second kappa shape index (κ2) is 3.21. The Kier molecular flexibility index (Phi) is 2.37. The lowest BCUT2D eigenvalue weighted by Crippen LogP contribution is -1.76. The van der Waals surface area contributed by atoms with E-state index in [0.717, 1.165) is 20.0 Å². The molecule has 0 aliphatic rings. The van der Waals surface area contributed by atoms with Crippen molar-refractivity contribution in [3.05, 3.63) is 20.0 Å². The van der Waals surface area contributed by atoms with Gasteiger partial charge in [0.1, 0.15) is 11.0 Å². The fourth-order valence-corrected chi connectivity index (χ4v) is 2.87. The molecule has 1 aromatic carbocycles. The first-order chi connectivity index (χ1) is 5.70. The van der Waals surface area contributed by atoms with Crippen molar-refractivity contribution in [1.82, 2.24) is 8.75 Å². The molecule has 6 heteroatoms. The highest BCUT2D eigenvalue weighted by molar-refractivity contribution is 9.11. The molecule has 0 amide bonds. The number of hydrogen-bond donors (Lipinski definition) is 0. The zero-order valence-electron chi connectivity index (χ0n) is 5.51. The Morgan fingerprint density at radius 1 is 1.25 bits per heavy atom. The summed E-state index contributed by atoms with van der Waals surface area (Å²) in [6.45, 7) is 0. The van der Waals surface area contributed by atoms with Gasteiger partial charge in [0.2, 0.25) is 0 Å². The van der Waals surface area contributed by atoms with Gasteiger partial charge in [0.15, 0.2) is 0 Å². The molecule has 0 fully saturated rings. The molecule has 0 aliphatic carbocycles. The SMILES string of the molecule is Clc1cc(Br)c2nsnc2c1Br. The van der Waals surface area contributed by atoms with Gasteiger partial charge in [-0.3, -0.25) is 0 Å². The molecule has 12 heavy (non-hydrogen) atoms. The van der Waals surface area contributed by atoms with Crippen LogP contribution in [0.2, 0.25) is 5.02 Å². The zero-order chi connectivity index (χ0) is 8.72. The minimum atomic E-state index is 0.641. The minimum absolute atomic E-state index is 0.641. The second-order valence-corrected chi connectivity index (χ2v) is 4.70. The van der Waals surface area contributed by atoms with E-state index in [1.807, 2.05) is 0 Å². The molecule has 1 aromatic heterocycles. The van der Waals surface area contributed by atoms with Crippen molar-refractivity contribution in [3.8, 4) is 0 Å². The van der Waals surface area contributed by atoms with Crippen molar-refractivity contribution >= 4 is 66.2 Å². The first-order valence-corrected chi connectivity index (χ1v) is 5.65. The van der Waals surface area contributed by atoms with Crippen molar-refractivity contribution in [2.24, 2.45) is 0 Å². The lowest BCUT2D eigenvalue weighted by molar-refractivity contribution is 1.58. The molecule has 0 N–H and O–H groups in total. The molecule has 0 bridgehead atoms. The Balaban J connectivity index is 2.97. The van der Waals surface area contributed by atoms with Gasteiger partial charge in [0, 0.05) is 4.47 Å². The summed E-state index contributed by atoms with van der Waals surface area (Å²) < 4.78 is 9.90. The van der Waals surface area contributed by atoms with Gasteiger partial charge in [-0.15, -0.1) is 0 Å². The van der Waals surface area contributed by atoms with Crippen molar-refractivity contribution < 1.29 is 0 Å². The van der Waals surface area contributed by atoms with Crippen LogP contribution in [0.3, 0.4) is 0 Å². The maximum absolute atomic E-state index is 5.91. The van der Waals surface area contributed by atoms with Gasteiger partial charge in [0.05, 0.1) is 21.2 Å². The van der Waals surface area contributed by atoms with Crippen LogP contribution in [0, 0.1) is 0 Å². The van der Waals surface area contributed by atoms with Crippen molar-refractivity contribution in [3.63, 3.8) is 0 Å². The monoisotopic (exact) mass is 326 g/mol. The minimum Gasteiger partial charge on any atom is -0.172 e. The predicted octanol–water partition coefficient (Wildman–Crippen LogP) is 3.87. The molecule has 2 nitrogen and oxygen atoms in total. The lowest BCUT2D eigenvalue weighted by Gasteiger charge is -1.97. The summed E-state index contributed by atoms with van der Waals surface area (Å²) in [6.07, 6.45) is 0. The molecule has 0 atom stereocenters. The van der Waals surface area contributed by atoms with Gasteiger partial charge >= 0.3 is 0 Å². The zero-order valence-corrected chi connectivity index (χ0v) is 10.3. The van der Waals surface area contributed by atoms with Gasteiger partial charge in [-0.1, -0.05) is 11.6 Å². The predicted molar refractivity (Wildman–Crippen MR) is 57.8 cm³/mol. The first-order valence-electron chi connectivity index (χ1n) is 2.96. The molecule has 0 spiro atoms. The number of aromatic nitrogens is 2. The van der Waals surface area contributed by atoms with E-state index >= 15 is 0 Å². The van der Waals surface area contributed by atoms with Gasteiger partial charge in [0.25, 0.3) is 0 Å². The summed E-state index contributed by atoms with van der Waals surface area (Å²) in [5.41, 5.74) is 1.65. The largest absolute Gasteiger partial charge is 0.172 e. The van der Waals surface area contributed by atoms with Gasteiger partial charge < -0.3 is 0 Å². The fourth-order valence-electron chi connectivity index (χ4n) is 0.845. The quantitative estimate of drug-likeness (QED) is 0.686. The van der Waals surface area contributed by atoms with Crippen LogP contribution >= 0.6 is 55.2 Å². The van der Waals surface area contributed by atoms with Crippen molar-refractivity contribution in [2.45, 2.75) is 0 Å². The topological polar surface area (TPSA) is 25.8 Å². The summed E-state index contributed by atoms with van der Waals surface area (Å²) in [7, 11) is 0. The van der Waals surface area contributed by atoms with E-state index < -0.39 is 0 Å². The van der Waals surface area contributed by atoms with Gasteiger partial charge in [-0.25, -0.2) is 0 Å². The second-order valence-electron chi connectivity index (χ2n) is 2.12. The molecule has 0 unspecified atom stereocenters. The first kappa shape index (κ1) is 8.87. The third kappa shape index (κ3) is 1.28.